The molecule has 0 bridgehead atoms. The van der Waals surface area contributed by atoms with Gasteiger partial charge in [-0.2, -0.15) is 0 Å². The summed E-state index contributed by atoms with van der Waals surface area (Å²) in [5.41, 5.74) is 0. The molecule has 0 aromatic rings. The summed E-state index contributed by atoms with van der Waals surface area (Å²) in [6.45, 7) is 14.7. The van der Waals surface area contributed by atoms with E-state index in [1.54, 1.807) is 0 Å². The average Bonchev–Trinajstić information content (AvgIpc) is 2.85. The van der Waals surface area contributed by atoms with Gasteiger partial charge in [0.25, 0.3) is 5.24 Å². The van der Waals surface area contributed by atoms with E-state index in [-0.39, 0.29) is 52.6 Å². The third-order valence-electron chi connectivity index (χ3n) is 5.95. The molecule has 0 saturated carbocycles. The number of hydrogen-bond donors (Lipinski definition) is 1. The second kappa shape index (κ2) is 7.64. The maximum absolute atomic E-state index is 12.7. The van der Waals surface area contributed by atoms with Crippen molar-refractivity contribution in [2.24, 2.45) is 5.92 Å². The van der Waals surface area contributed by atoms with Gasteiger partial charge in [-0.25, -0.2) is 0 Å². The van der Waals surface area contributed by atoms with Crippen LogP contribution >= 0.6 is 11.8 Å². The molecular weight excluding hydrogens is 368 g/mol. The van der Waals surface area contributed by atoms with Crippen molar-refractivity contribution < 1.29 is 18.8 Å². The maximum atomic E-state index is 12.7. The van der Waals surface area contributed by atoms with Gasteiger partial charge in [0.15, 0.2) is 8.32 Å². The van der Waals surface area contributed by atoms with Crippen LogP contribution in [0.1, 0.15) is 47.5 Å². The molecule has 6 nitrogen and oxygen atoms in total. The van der Waals surface area contributed by atoms with Gasteiger partial charge in [0.05, 0.1) is 18.1 Å². The number of amides is 3. The molecule has 0 aliphatic carbocycles. The quantitative estimate of drug-likeness (QED) is 0.546. The zero-order valence-electron chi connectivity index (χ0n) is 16.9. The predicted molar refractivity (Wildman–Crippen MR) is 107 cm³/mol. The first-order valence-corrected chi connectivity index (χ1v) is 13.3. The standard InChI is InChI=1S/C18H32N2O4SSi/c1-8-12-10-25-17(23)20(12)14(21)9-13-15(16(22)19-13)11(2)24-26(6,7)18(3,4)5/h11-13,15H,8-10H2,1-7H3,(H,19,22)/t11-,12+,13-,15+/m1/s1. The Morgan fingerprint density at radius 2 is 2.00 bits per heavy atom. The first kappa shape index (κ1) is 21.4. The van der Waals surface area contributed by atoms with Crippen molar-refractivity contribution >= 4 is 37.1 Å². The highest BCUT2D eigenvalue weighted by Crippen LogP contribution is 2.39. The molecule has 3 amide bonds. The van der Waals surface area contributed by atoms with Crippen LogP contribution in [0.15, 0.2) is 0 Å². The topological polar surface area (TPSA) is 75.7 Å². The van der Waals surface area contributed by atoms with E-state index in [1.165, 1.54) is 16.7 Å². The van der Waals surface area contributed by atoms with Crippen LogP contribution in [0.3, 0.4) is 0 Å². The number of imide groups is 1. The highest BCUT2D eigenvalue weighted by Gasteiger charge is 2.49. The summed E-state index contributed by atoms with van der Waals surface area (Å²) in [5, 5.41) is 2.72. The first-order valence-electron chi connectivity index (χ1n) is 9.36. The van der Waals surface area contributed by atoms with Crippen molar-refractivity contribution in [1.82, 2.24) is 10.2 Å². The molecule has 1 N–H and O–H groups in total. The number of hydrogen-bond acceptors (Lipinski definition) is 5. The normalized spacial score (nSPS) is 28.0. The minimum atomic E-state index is -2.00. The molecule has 2 heterocycles. The first-order chi connectivity index (χ1) is 11.9. The number of carbonyl (C=O) groups excluding carboxylic acids is 3. The lowest BCUT2D eigenvalue weighted by Gasteiger charge is -2.45. The van der Waals surface area contributed by atoms with Crippen LogP contribution in [0, 0.1) is 5.92 Å². The molecule has 2 aliphatic heterocycles. The maximum Gasteiger partial charge on any atom is 0.288 e. The Morgan fingerprint density at radius 1 is 1.38 bits per heavy atom. The third-order valence-corrected chi connectivity index (χ3v) is 11.5. The Balaban J connectivity index is 2.02. The molecule has 2 saturated heterocycles. The van der Waals surface area contributed by atoms with Crippen molar-refractivity contribution in [3.63, 3.8) is 0 Å². The van der Waals surface area contributed by atoms with Gasteiger partial charge >= 0.3 is 0 Å². The number of thioether (sulfide) groups is 1. The summed E-state index contributed by atoms with van der Waals surface area (Å²) < 4.78 is 6.36. The van der Waals surface area contributed by atoms with Crippen molar-refractivity contribution in [3.8, 4) is 0 Å². The van der Waals surface area contributed by atoms with Crippen LogP contribution in [-0.4, -0.2) is 54.2 Å². The number of β-lactam (4-membered cyclic amide) rings is 1. The fourth-order valence-corrected chi connectivity index (χ4v) is 5.78. The van der Waals surface area contributed by atoms with Crippen molar-refractivity contribution in [3.05, 3.63) is 0 Å². The lowest BCUT2D eigenvalue weighted by atomic mass is 9.84. The SMILES string of the molecule is CC[C@H]1CSC(=O)N1C(=O)C[C@H]1NC(=O)[C@H]1[C@@H](C)O[Si](C)(C)C(C)(C)C. The summed E-state index contributed by atoms with van der Waals surface area (Å²) >= 11 is 1.20. The molecule has 0 aromatic carbocycles. The molecule has 0 unspecified atom stereocenters. The molecule has 2 aliphatic rings. The van der Waals surface area contributed by atoms with Crippen molar-refractivity contribution in [2.75, 3.05) is 5.75 Å². The minimum absolute atomic E-state index is 0.0323. The molecular formula is C18H32N2O4SSi. The van der Waals surface area contributed by atoms with Crippen LogP contribution < -0.4 is 5.32 Å². The fraction of sp³-hybridized carbons (Fsp3) is 0.833. The van der Waals surface area contributed by atoms with Gasteiger partial charge in [-0.05, 0) is 31.5 Å². The lowest BCUT2D eigenvalue weighted by Crippen LogP contribution is -2.64. The highest BCUT2D eigenvalue weighted by atomic mass is 32.2. The van der Waals surface area contributed by atoms with E-state index in [1.807, 2.05) is 13.8 Å². The Hall–Kier alpha value is -0.863. The van der Waals surface area contributed by atoms with Crippen LogP contribution in [-0.2, 0) is 14.0 Å². The van der Waals surface area contributed by atoms with E-state index in [0.29, 0.717) is 5.75 Å². The van der Waals surface area contributed by atoms with Gasteiger partial charge in [0.1, 0.15) is 0 Å². The van der Waals surface area contributed by atoms with E-state index < -0.39 is 8.32 Å². The second-order valence-corrected chi connectivity index (χ2v) is 14.6. The van der Waals surface area contributed by atoms with E-state index in [4.69, 9.17) is 4.43 Å². The van der Waals surface area contributed by atoms with Gasteiger partial charge in [0, 0.05) is 18.2 Å². The number of rotatable bonds is 6. The number of nitrogens with one attached hydrogen (secondary N) is 1. The Bertz CT molecular complexity index is 590. The van der Waals surface area contributed by atoms with Gasteiger partial charge in [0.2, 0.25) is 11.8 Å². The minimum Gasteiger partial charge on any atom is -0.413 e. The molecule has 26 heavy (non-hydrogen) atoms. The molecule has 0 aromatic heterocycles. The van der Waals surface area contributed by atoms with Crippen LogP contribution in [0.4, 0.5) is 4.79 Å². The summed E-state index contributed by atoms with van der Waals surface area (Å²) in [4.78, 5) is 38.2. The summed E-state index contributed by atoms with van der Waals surface area (Å²) in [7, 11) is -2.00. The smallest absolute Gasteiger partial charge is 0.288 e. The number of nitrogens with zero attached hydrogens (tertiary/aromatic N) is 1. The molecule has 0 radical (unpaired) electrons. The van der Waals surface area contributed by atoms with E-state index >= 15 is 0 Å². The van der Waals surface area contributed by atoms with Gasteiger partial charge in [-0.3, -0.25) is 19.3 Å². The number of carbonyl (C=O) groups is 3. The predicted octanol–water partition coefficient (Wildman–Crippen LogP) is 3.38. The van der Waals surface area contributed by atoms with Gasteiger partial charge in [-0.1, -0.05) is 39.5 Å². The van der Waals surface area contributed by atoms with Gasteiger partial charge < -0.3 is 9.74 Å². The van der Waals surface area contributed by atoms with Crippen LogP contribution in [0.5, 0.6) is 0 Å². The lowest BCUT2D eigenvalue weighted by molar-refractivity contribution is -0.142. The monoisotopic (exact) mass is 400 g/mol. The Morgan fingerprint density at radius 3 is 2.50 bits per heavy atom. The Labute approximate surface area is 161 Å². The largest absolute Gasteiger partial charge is 0.413 e. The Kier molecular flexibility index (Phi) is 6.30. The molecule has 0 spiro atoms. The van der Waals surface area contributed by atoms with Crippen LogP contribution in [0.25, 0.3) is 0 Å². The van der Waals surface area contributed by atoms with E-state index in [0.717, 1.165) is 6.42 Å². The molecule has 4 atom stereocenters. The summed E-state index contributed by atoms with van der Waals surface area (Å²) in [5.74, 6) is 0.0648. The van der Waals surface area contributed by atoms with E-state index in [9.17, 15) is 14.4 Å². The summed E-state index contributed by atoms with van der Waals surface area (Å²) in [6.07, 6.45) is 0.674. The van der Waals surface area contributed by atoms with Crippen molar-refractivity contribution in [2.45, 2.75) is 83.8 Å². The average molecular weight is 401 g/mol. The van der Waals surface area contributed by atoms with Crippen LogP contribution in [0.2, 0.25) is 18.1 Å². The van der Waals surface area contributed by atoms with Gasteiger partial charge in [-0.15, -0.1) is 0 Å². The molecule has 8 heteroatoms. The third kappa shape index (κ3) is 4.17. The summed E-state index contributed by atoms with van der Waals surface area (Å²) in [6, 6.07) is -0.291. The zero-order chi connectivity index (χ0) is 19.9. The fourth-order valence-electron chi connectivity index (χ4n) is 3.24. The highest BCUT2D eigenvalue weighted by molar-refractivity contribution is 8.14. The molecule has 2 fully saturated rings. The second-order valence-electron chi connectivity index (χ2n) is 8.83. The molecule has 148 valence electrons. The van der Waals surface area contributed by atoms with E-state index in [2.05, 4.69) is 39.2 Å². The molecule has 2 rings (SSSR count). The van der Waals surface area contributed by atoms with Crippen molar-refractivity contribution in [1.29, 1.82) is 0 Å². The zero-order valence-corrected chi connectivity index (χ0v) is 18.7.